The molecule has 2 N–H and O–H groups in total. The van der Waals surface area contributed by atoms with E-state index >= 15 is 0 Å². The molecule has 0 aromatic carbocycles. The van der Waals surface area contributed by atoms with Crippen molar-refractivity contribution in [2.75, 3.05) is 39.3 Å². The lowest BCUT2D eigenvalue weighted by molar-refractivity contribution is -0.142. The maximum Gasteiger partial charge on any atom is 0.228 e. The van der Waals surface area contributed by atoms with Crippen LogP contribution in [-0.2, 0) is 4.79 Å². The molecule has 2 fully saturated rings. The van der Waals surface area contributed by atoms with Crippen LogP contribution in [-0.4, -0.2) is 55.0 Å². The minimum Gasteiger partial charge on any atom is -0.340 e. The summed E-state index contributed by atoms with van der Waals surface area (Å²) < 4.78 is 0. The lowest BCUT2D eigenvalue weighted by Crippen LogP contribution is -2.52. The number of nitrogens with two attached hydrogens (primary N) is 1. The summed E-state index contributed by atoms with van der Waals surface area (Å²) in [5, 5.41) is 0. The van der Waals surface area contributed by atoms with Gasteiger partial charge in [0.25, 0.3) is 0 Å². The van der Waals surface area contributed by atoms with Crippen molar-refractivity contribution in [2.24, 2.45) is 11.1 Å². The summed E-state index contributed by atoms with van der Waals surface area (Å²) in [6.45, 7) is 7.98. The van der Waals surface area contributed by atoms with Crippen molar-refractivity contribution in [1.29, 1.82) is 0 Å². The fourth-order valence-corrected chi connectivity index (χ4v) is 3.41. The molecule has 1 heterocycles. The first-order chi connectivity index (χ1) is 9.15. The average Bonchev–Trinajstić information content (AvgIpc) is 2.87. The Hall–Kier alpha value is -0.610. The van der Waals surface area contributed by atoms with Crippen LogP contribution in [0.5, 0.6) is 0 Å². The number of hydrogen-bond acceptors (Lipinski definition) is 3. The SMILES string of the molecule is CC1(C(=O)N2CCN(CCCCN)CC2)CCCC1. The van der Waals surface area contributed by atoms with Crippen molar-refractivity contribution in [2.45, 2.75) is 45.4 Å². The van der Waals surface area contributed by atoms with Crippen molar-refractivity contribution in [3.8, 4) is 0 Å². The van der Waals surface area contributed by atoms with Gasteiger partial charge >= 0.3 is 0 Å². The van der Waals surface area contributed by atoms with Gasteiger partial charge in [0.05, 0.1) is 0 Å². The molecule has 1 saturated carbocycles. The lowest BCUT2D eigenvalue weighted by atomic mass is 9.87. The summed E-state index contributed by atoms with van der Waals surface area (Å²) >= 11 is 0. The largest absolute Gasteiger partial charge is 0.340 e. The number of unbranched alkanes of at least 4 members (excludes halogenated alkanes) is 1. The molecule has 0 spiro atoms. The van der Waals surface area contributed by atoms with Gasteiger partial charge in [-0.1, -0.05) is 19.8 Å². The smallest absolute Gasteiger partial charge is 0.228 e. The van der Waals surface area contributed by atoms with Crippen LogP contribution >= 0.6 is 0 Å². The van der Waals surface area contributed by atoms with E-state index in [4.69, 9.17) is 5.73 Å². The first-order valence-corrected chi connectivity index (χ1v) is 7.87. The zero-order valence-corrected chi connectivity index (χ0v) is 12.4. The summed E-state index contributed by atoms with van der Waals surface area (Å²) in [5.74, 6) is 0.409. The molecule has 1 amide bonds. The minimum atomic E-state index is -0.0538. The Labute approximate surface area is 117 Å². The molecule has 4 heteroatoms. The molecule has 0 aromatic rings. The zero-order chi connectivity index (χ0) is 13.7. The molecule has 19 heavy (non-hydrogen) atoms. The van der Waals surface area contributed by atoms with Gasteiger partial charge in [0.1, 0.15) is 0 Å². The van der Waals surface area contributed by atoms with Crippen molar-refractivity contribution in [3.63, 3.8) is 0 Å². The zero-order valence-electron chi connectivity index (χ0n) is 12.4. The van der Waals surface area contributed by atoms with E-state index in [1.807, 2.05) is 0 Å². The van der Waals surface area contributed by atoms with Crippen molar-refractivity contribution in [3.05, 3.63) is 0 Å². The topological polar surface area (TPSA) is 49.6 Å². The first kappa shape index (κ1) is 14.8. The molecule has 1 aliphatic heterocycles. The number of amides is 1. The normalized spacial score (nSPS) is 23.8. The third-order valence-electron chi connectivity index (χ3n) is 4.81. The Kier molecular flexibility index (Phi) is 5.22. The Morgan fingerprint density at radius 1 is 1.11 bits per heavy atom. The predicted octanol–water partition coefficient (Wildman–Crippen LogP) is 1.45. The van der Waals surface area contributed by atoms with Crippen LogP contribution in [0.1, 0.15) is 45.4 Å². The fourth-order valence-electron chi connectivity index (χ4n) is 3.41. The van der Waals surface area contributed by atoms with Crippen LogP contribution in [0.4, 0.5) is 0 Å². The van der Waals surface area contributed by atoms with E-state index in [1.165, 1.54) is 19.3 Å². The maximum atomic E-state index is 12.6. The molecule has 0 atom stereocenters. The van der Waals surface area contributed by atoms with Crippen LogP contribution in [0.15, 0.2) is 0 Å². The monoisotopic (exact) mass is 267 g/mol. The van der Waals surface area contributed by atoms with E-state index in [0.29, 0.717) is 5.91 Å². The highest BCUT2D eigenvalue weighted by atomic mass is 16.2. The molecule has 0 bridgehead atoms. The van der Waals surface area contributed by atoms with Crippen LogP contribution in [0.25, 0.3) is 0 Å². The Morgan fingerprint density at radius 2 is 1.74 bits per heavy atom. The van der Waals surface area contributed by atoms with Gasteiger partial charge in [-0.3, -0.25) is 9.69 Å². The summed E-state index contributed by atoms with van der Waals surface area (Å²) in [5.41, 5.74) is 5.47. The maximum absolute atomic E-state index is 12.6. The Morgan fingerprint density at radius 3 is 2.32 bits per heavy atom. The number of rotatable bonds is 5. The third kappa shape index (κ3) is 3.69. The van der Waals surface area contributed by atoms with Gasteiger partial charge in [0, 0.05) is 31.6 Å². The van der Waals surface area contributed by atoms with Crippen LogP contribution < -0.4 is 5.73 Å². The molecule has 4 nitrogen and oxygen atoms in total. The average molecular weight is 267 g/mol. The molecule has 2 aliphatic rings. The van der Waals surface area contributed by atoms with Gasteiger partial charge < -0.3 is 10.6 Å². The number of carbonyl (C=O) groups excluding carboxylic acids is 1. The van der Waals surface area contributed by atoms with Crippen molar-refractivity contribution < 1.29 is 4.79 Å². The van der Waals surface area contributed by atoms with Gasteiger partial charge in [0.2, 0.25) is 5.91 Å². The second-order valence-electron chi connectivity index (χ2n) is 6.40. The fraction of sp³-hybridized carbons (Fsp3) is 0.933. The highest BCUT2D eigenvalue weighted by Crippen LogP contribution is 2.39. The van der Waals surface area contributed by atoms with Gasteiger partial charge in [-0.15, -0.1) is 0 Å². The van der Waals surface area contributed by atoms with E-state index in [-0.39, 0.29) is 5.41 Å². The number of carbonyl (C=O) groups is 1. The summed E-state index contributed by atoms with van der Waals surface area (Å²) in [6, 6.07) is 0. The molecule has 0 radical (unpaired) electrons. The molecular formula is C15H29N3O. The lowest BCUT2D eigenvalue weighted by Gasteiger charge is -2.38. The van der Waals surface area contributed by atoms with E-state index in [9.17, 15) is 4.79 Å². The number of nitrogens with zero attached hydrogens (tertiary/aromatic N) is 2. The molecule has 0 unspecified atom stereocenters. The van der Waals surface area contributed by atoms with E-state index in [1.54, 1.807) is 0 Å². The Balaban J connectivity index is 1.75. The standard InChI is InChI=1S/C15H29N3O/c1-15(6-2-3-7-15)14(19)18-12-10-17(11-13-18)9-5-4-8-16/h2-13,16H2,1H3. The molecule has 2 rings (SSSR count). The van der Waals surface area contributed by atoms with Crippen LogP contribution in [0.3, 0.4) is 0 Å². The number of hydrogen-bond donors (Lipinski definition) is 1. The highest BCUT2D eigenvalue weighted by Gasteiger charge is 2.39. The summed E-state index contributed by atoms with van der Waals surface area (Å²) in [4.78, 5) is 17.2. The number of piperazine rings is 1. The quantitative estimate of drug-likeness (QED) is 0.767. The van der Waals surface area contributed by atoms with Crippen LogP contribution in [0.2, 0.25) is 0 Å². The van der Waals surface area contributed by atoms with E-state index < -0.39 is 0 Å². The van der Waals surface area contributed by atoms with Gasteiger partial charge in [-0.25, -0.2) is 0 Å². The predicted molar refractivity (Wildman–Crippen MR) is 77.9 cm³/mol. The second-order valence-corrected chi connectivity index (χ2v) is 6.40. The molecular weight excluding hydrogens is 238 g/mol. The second kappa shape index (κ2) is 6.71. The van der Waals surface area contributed by atoms with Gasteiger partial charge in [-0.05, 0) is 38.8 Å². The first-order valence-electron chi connectivity index (χ1n) is 7.87. The van der Waals surface area contributed by atoms with Gasteiger partial charge in [0.15, 0.2) is 0 Å². The van der Waals surface area contributed by atoms with Crippen LogP contribution in [0, 0.1) is 5.41 Å². The van der Waals surface area contributed by atoms with Crippen molar-refractivity contribution in [1.82, 2.24) is 9.80 Å². The highest BCUT2D eigenvalue weighted by molar-refractivity contribution is 5.82. The van der Waals surface area contributed by atoms with E-state index in [0.717, 1.165) is 58.5 Å². The van der Waals surface area contributed by atoms with Gasteiger partial charge in [-0.2, -0.15) is 0 Å². The molecule has 1 saturated heterocycles. The minimum absolute atomic E-state index is 0.0538. The Bertz CT molecular complexity index is 292. The van der Waals surface area contributed by atoms with Crippen molar-refractivity contribution >= 4 is 5.91 Å². The molecule has 0 aromatic heterocycles. The molecule has 110 valence electrons. The van der Waals surface area contributed by atoms with E-state index in [2.05, 4.69) is 16.7 Å². The molecule has 1 aliphatic carbocycles. The summed E-state index contributed by atoms with van der Waals surface area (Å²) in [6.07, 6.45) is 6.91. The third-order valence-corrected chi connectivity index (χ3v) is 4.81. The summed E-state index contributed by atoms with van der Waals surface area (Å²) in [7, 11) is 0.